The molecule has 2 fully saturated rings. The van der Waals surface area contributed by atoms with Gasteiger partial charge in [-0.05, 0) is 23.8 Å². The number of imide groups is 1. The molecule has 3 heterocycles. The minimum atomic E-state index is -2.04. The van der Waals surface area contributed by atoms with Gasteiger partial charge in [0.15, 0.2) is 21.2 Å². The number of hydrogen-bond acceptors (Lipinski definition) is 6. The van der Waals surface area contributed by atoms with E-state index in [0.717, 1.165) is 9.47 Å². The van der Waals surface area contributed by atoms with Gasteiger partial charge in [0, 0.05) is 17.9 Å². The fourth-order valence-electron chi connectivity index (χ4n) is 6.10. The summed E-state index contributed by atoms with van der Waals surface area (Å²) in [6.07, 6.45) is 1.47. The SMILES string of the molecule is COc1cccc([C@H]2C3=CCn4c(=O)n(-c5ccccc5)c(=O)n4[C@@H]3C[C@@]3(Cl)C(=O)N(CBr)C(=O)[C@@]23Cl)c1O. The molecule has 39 heavy (non-hydrogen) atoms. The van der Waals surface area contributed by atoms with Crippen molar-refractivity contribution in [3.63, 3.8) is 0 Å². The lowest BCUT2D eigenvalue weighted by Crippen LogP contribution is -2.59. The van der Waals surface area contributed by atoms with E-state index >= 15 is 0 Å². The molecule has 10 nitrogen and oxygen atoms in total. The van der Waals surface area contributed by atoms with Crippen LogP contribution in [0.4, 0.5) is 0 Å². The van der Waals surface area contributed by atoms with Crippen molar-refractivity contribution in [2.24, 2.45) is 0 Å². The molecule has 0 spiro atoms. The summed E-state index contributed by atoms with van der Waals surface area (Å²) >= 11 is 17.5. The van der Waals surface area contributed by atoms with Crippen LogP contribution in [0.15, 0.2) is 69.8 Å². The first-order chi connectivity index (χ1) is 18.6. The number of fused-ring (bicyclic) bond motifs is 4. The van der Waals surface area contributed by atoms with Gasteiger partial charge in [-0.15, -0.1) is 23.2 Å². The standard InChI is InChI=1S/C26H21BrCl2N4O6/c1-39-18-9-5-8-16(20(18)34)19-15-10-11-31-23(37)32(14-6-3-2-4-7-14)24(38)33(31)17(15)12-25(28)21(35)30(13-27)22(36)26(19,25)29/h2-10,17,19,34H,11-13H2,1H3/t17-,19-,25-,26+/m1/s1. The molecule has 1 saturated carbocycles. The van der Waals surface area contributed by atoms with Crippen molar-refractivity contribution in [3.05, 3.63) is 86.7 Å². The molecule has 6 rings (SSSR count). The highest BCUT2D eigenvalue weighted by molar-refractivity contribution is 9.09. The van der Waals surface area contributed by atoms with Gasteiger partial charge in [0.1, 0.15) is 0 Å². The Labute approximate surface area is 239 Å². The van der Waals surface area contributed by atoms with Crippen LogP contribution < -0.4 is 16.1 Å². The zero-order valence-corrected chi connectivity index (χ0v) is 23.5. The maximum absolute atomic E-state index is 13.8. The van der Waals surface area contributed by atoms with Gasteiger partial charge >= 0.3 is 11.4 Å². The van der Waals surface area contributed by atoms with E-state index in [2.05, 4.69) is 15.9 Å². The molecule has 3 aliphatic rings. The first-order valence-electron chi connectivity index (χ1n) is 12.0. The fraction of sp³-hybridized carbons (Fsp3) is 0.308. The predicted molar refractivity (Wildman–Crippen MR) is 146 cm³/mol. The fourth-order valence-corrected chi connectivity index (χ4v) is 7.49. The molecule has 0 radical (unpaired) electrons. The van der Waals surface area contributed by atoms with Crippen LogP contribution in [-0.2, 0) is 16.1 Å². The number of ether oxygens (including phenoxy) is 1. The zero-order valence-electron chi connectivity index (χ0n) is 20.4. The van der Waals surface area contributed by atoms with Crippen LogP contribution in [0.3, 0.4) is 0 Å². The summed E-state index contributed by atoms with van der Waals surface area (Å²) in [4.78, 5) is 51.5. The summed E-state index contributed by atoms with van der Waals surface area (Å²) < 4.78 is 8.89. The Balaban J connectivity index is 1.64. The Hall–Kier alpha value is -3.28. The van der Waals surface area contributed by atoms with Gasteiger partial charge in [0.25, 0.3) is 11.8 Å². The Morgan fingerprint density at radius 2 is 1.74 bits per heavy atom. The van der Waals surface area contributed by atoms with E-state index in [9.17, 15) is 24.3 Å². The van der Waals surface area contributed by atoms with E-state index in [-0.39, 0.29) is 35.5 Å². The second-order valence-electron chi connectivity index (χ2n) is 9.59. The number of benzene rings is 2. The number of nitrogens with zero attached hydrogens (tertiary/aromatic N) is 4. The molecular formula is C26H21BrCl2N4O6. The van der Waals surface area contributed by atoms with E-state index in [1.807, 2.05) is 0 Å². The van der Waals surface area contributed by atoms with Crippen LogP contribution in [0.25, 0.3) is 5.69 Å². The molecule has 1 aromatic heterocycles. The number of halogens is 3. The summed E-state index contributed by atoms with van der Waals surface area (Å²) in [5, 5.41) is 11.2. The van der Waals surface area contributed by atoms with Crippen LogP contribution in [-0.4, -0.2) is 58.1 Å². The molecule has 2 amide bonds. The third-order valence-electron chi connectivity index (χ3n) is 7.86. The highest BCUT2D eigenvalue weighted by Crippen LogP contribution is 2.64. The number of likely N-dealkylation sites (tertiary alicyclic amines) is 1. The number of aromatic nitrogens is 3. The smallest absolute Gasteiger partial charge is 0.352 e. The van der Waals surface area contributed by atoms with Crippen molar-refractivity contribution in [1.82, 2.24) is 18.8 Å². The van der Waals surface area contributed by atoms with Gasteiger partial charge in [-0.1, -0.05) is 52.3 Å². The molecule has 2 aromatic carbocycles. The van der Waals surface area contributed by atoms with E-state index in [1.54, 1.807) is 48.5 Å². The highest BCUT2D eigenvalue weighted by Gasteiger charge is 2.75. The normalized spacial score (nSPS) is 27.6. The summed E-state index contributed by atoms with van der Waals surface area (Å²) in [6.45, 7) is -0.00643. The first kappa shape index (κ1) is 26.0. The number of para-hydroxylation sites is 2. The van der Waals surface area contributed by atoms with Crippen LogP contribution in [0.5, 0.6) is 11.5 Å². The monoisotopic (exact) mass is 634 g/mol. The van der Waals surface area contributed by atoms with Crippen molar-refractivity contribution in [3.8, 4) is 17.2 Å². The maximum atomic E-state index is 13.8. The Morgan fingerprint density at radius 3 is 2.41 bits per heavy atom. The lowest BCUT2D eigenvalue weighted by molar-refractivity contribution is -0.138. The average molecular weight is 636 g/mol. The number of rotatable bonds is 4. The molecule has 1 aliphatic carbocycles. The second kappa shape index (κ2) is 8.87. The van der Waals surface area contributed by atoms with E-state index in [0.29, 0.717) is 11.3 Å². The van der Waals surface area contributed by atoms with E-state index in [4.69, 9.17) is 27.9 Å². The average Bonchev–Trinajstić information content (AvgIpc) is 3.27. The quantitative estimate of drug-likeness (QED) is 0.204. The van der Waals surface area contributed by atoms with Gasteiger partial charge in [0.2, 0.25) is 0 Å². The Kier molecular flexibility index (Phi) is 5.91. The van der Waals surface area contributed by atoms with Crippen LogP contribution >= 0.6 is 39.1 Å². The van der Waals surface area contributed by atoms with Crippen molar-refractivity contribution in [1.29, 1.82) is 0 Å². The third-order valence-corrected chi connectivity index (χ3v) is 9.77. The number of carbonyl (C=O) groups excluding carboxylic acids is 2. The molecule has 13 heteroatoms. The van der Waals surface area contributed by atoms with Crippen molar-refractivity contribution >= 4 is 50.9 Å². The molecule has 2 aliphatic heterocycles. The number of allylic oxidation sites excluding steroid dienone is 2. The lowest BCUT2D eigenvalue weighted by atomic mass is 9.64. The number of phenolic OH excluding ortho intramolecular Hbond substituents is 1. The van der Waals surface area contributed by atoms with Gasteiger partial charge in [-0.3, -0.25) is 14.5 Å². The molecule has 0 unspecified atom stereocenters. The van der Waals surface area contributed by atoms with E-state index < -0.39 is 44.9 Å². The van der Waals surface area contributed by atoms with Crippen LogP contribution in [0.1, 0.15) is 23.9 Å². The molecular weight excluding hydrogens is 615 g/mol. The van der Waals surface area contributed by atoms with Gasteiger partial charge in [-0.25, -0.2) is 23.5 Å². The second-order valence-corrected chi connectivity index (χ2v) is 11.3. The lowest BCUT2D eigenvalue weighted by Gasteiger charge is -2.49. The predicted octanol–water partition coefficient (Wildman–Crippen LogP) is 2.86. The number of alkyl halides is 3. The van der Waals surface area contributed by atoms with Crippen molar-refractivity contribution in [2.75, 3.05) is 12.6 Å². The first-order valence-corrected chi connectivity index (χ1v) is 13.8. The molecule has 4 atom stereocenters. The van der Waals surface area contributed by atoms with Crippen LogP contribution in [0, 0.1) is 0 Å². The van der Waals surface area contributed by atoms with Gasteiger partial charge in [-0.2, -0.15) is 0 Å². The summed E-state index contributed by atoms with van der Waals surface area (Å²) in [6, 6.07) is 12.3. The van der Waals surface area contributed by atoms with Gasteiger partial charge in [0.05, 0.1) is 30.8 Å². The van der Waals surface area contributed by atoms with Crippen molar-refractivity contribution < 1.29 is 19.4 Å². The Bertz CT molecular complexity index is 1700. The topological polar surface area (TPSA) is 116 Å². The summed E-state index contributed by atoms with van der Waals surface area (Å²) in [5.41, 5.74) is -0.283. The van der Waals surface area contributed by atoms with Gasteiger partial charge < -0.3 is 9.84 Å². The molecule has 3 aromatic rings. The highest BCUT2D eigenvalue weighted by atomic mass is 79.9. The number of aromatic hydroxyl groups is 1. The largest absolute Gasteiger partial charge is 0.504 e. The number of carbonyl (C=O) groups is 2. The number of amides is 2. The van der Waals surface area contributed by atoms with Crippen molar-refractivity contribution in [2.45, 2.75) is 34.7 Å². The molecule has 0 bridgehead atoms. The Morgan fingerprint density at radius 1 is 1.03 bits per heavy atom. The van der Waals surface area contributed by atoms with Crippen LogP contribution in [0.2, 0.25) is 0 Å². The minimum Gasteiger partial charge on any atom is -0.504 e. The van der Waals surface area contributed by atoms with E-state index in [1.165, 1.54) is 22.5 Å². The number of methoxy groups -OCH3 is 1. The molecule has 1 saturated heterocycles. The number of hydrogen-bond donors (Lipinski definition) is 1. The minimum absolute atomic E-state index is 0.00643. The maximum Gasteiger partial charge on any atom is 0.352 e. The molecule has 1 N–H and O–H groups in total. The summed E-state index contributed by atoms with van der Waals surface area (Å²) in [5.74, 6) is -2.75. The summed E-state index contributed by atoms with van der Waals surface area (Å²) in [7, 11) is 1.38. The third kappa shape index (κ3) is 3.20. The number of phenols is 1. The zero-order chi connectivity index (χ0) is 27.9. The molecule has 202 valence electrons.